The summed E-state index contributed by atoms with van der Waals surface area (Å²) in [4.78, 5) is 19.3. The molecule has 1 amide bonds. The van der Waals surface area contributed by atoms with Crippen LogP contribution >= 0.6 is 0 Å². The largest absolute Gasteiger partial charge is 0.497 e. The Morgan fingerprint density at radius 1 is 1.26 bits per heavy atom. The molecule has 0 atom stereocenters. The molecule has 6 nitrogen and oxygen atoms in total. The highest BCUT2D eigenvalue weighted by atomic mass is 16.5. The summed E-state index contributed by atoms with van der Waals surface area (Å²) in [5.41, 5.74) is 0.881. The molecule has 0 N–H and O–H groups in total. The molecule has 1 aliphatic rings. The lowest BCUT2D eigenvalue weighted by molar-refractivity contribution is -0.135. The lowest BCUT2D eigenvalue weighted by Crippen LogP contribution is -2.39. The van der Waals surface area contributed by atoms with Crippen LogP contribution in [0.3, 0.4) is 0 Å². The summed E-state index contributed by atoms with van der Waals surface area (Å²) < 4.78 is 10.6. The summed E-state index contributed by atoms with van der Waals surface area (Å²) in [7, 11) is 1.64. The second kappa shape index (κ2) is 9.02. The molecule has 0 saturated heterocycles. The number of methoxy groups -OCH3 is 1. The average Bonchev–Trinajstić information content (AvgIpc) is 3.36. The third kappa shape index (κ3) is 5.08. The van der Waals surface area contributed by atoms with Crippen LogP contribution in [-0.2, 0) is 11.2 Å². The summed E-state index contributed by atoms with van der Waals surface area (Å²) >= 11 is 0. The molecule has 6 heteroatoms. The molecule has 27 heavy (non-hydrogen) atoms. The monoisotopic (exact) mass is 371 g/mol. The molecule has 0 radical (unpaired) electrons. The minimum atomic E-state index is 0.196. The van der Waals surface area contributed by atoms with Crippen LogP contribution in [0.15, 0.2) is 28.8 Å². The van der Waals surface area contributed by atoms with Crippen molar-refractivity contribution in [3.05, 3.63) is 30.2 Å². The number of hydrogen-bond donors (Lipinski definition) is 0. The maximum atomic E-state index is 12.8. The quantitative estimate of drug-likeness (QED) is 0.702. The van der Waals surface area contributed by atoms with Crippen molar-refractivity contribution in [1.82, 2.24) is 15.0 Å². The number of ether oxygens (including phenoxy) is 1. The van der Waals surface area contributed by atoms with Gasteiger partial charge in [-0.05, 0) is 43.0 Å². The van der Waals surface area contributed by atoms with Crippen molar-refractivity contribution in [2.45, 2.75) is 46.0 Å². The van der Waals surface area contributed by atoms with Crippen LogP contribution in [0.1, 0.15) is 45.4 Å². The minimum absolute atomic E-state index is 0.196. The number of rotatable bonds is 8. The number of benzene rings is 1. The average molecular weight is 371 g/mol. The van der Waals surface area contributed by atoms with E-state index in [0.29, 0.717) is 30.6 Å². The zero-order chi connectivity index (χ0) is 19.2. The first-order chi connectivity index (χ1) is 13.1. The van der Waals surface area contributed by atoms with Crippen LogP contribution in [0.2, 0.25) is 0 Å². The predicted molar refractivity (Wildman–Crippen MR) is 103 cm³/mol. The second-order valence-corrected chi connectivity index (χ2v) is 7.65. The van der Waals surface area contributed by atoms with Crippen molar-refractivity contribution in [1.29, 1.82) is 0 Å². The van der Waals surface area contributed by atoms with Gasteiger partial charge in [-0.3, -0.25) is 4.79 Å². The van der Waals surface area contributed by atoms with E-state index in [2.05, 4.69) is 24.0 Å². The van der Waals surface area contributed by atoms with Gasteiger partial charge in [-0.25, -0.2) is 0 Å². The van der Waals surface area contributed by atoms with Crippen LogP contribution in [-0.4, -0.2) is 41.1 Å². The first-order valence-corrected chi connectivity index (χ1v) is 9.82. The molecule has 0 spiro atoms. The molecule has 1 fully saturated rings. The van der Waals surface area contributed by atoms with E-state index < -0.39 is 0 Å². The first kappa shape index (κ1) is 19.4. The molecule has 1 saturated carbocycles. The molecule has 146 valence electrons. The minimum Gasteiger partial charge on any atom is -0.497 e. The van der Waals surface area contributed by atoms with Crippen molar-refractivity contribution in [2.24, 2.45) is 11.8 Å². The van der Waals surface area contributed by atoms with E-state index in [9.17, 15) is 4.79 Å². The van der Waals surface area contributed by atoms with Gasteiger partial charge in [-0.1, -0.05) is 31.8 Å². The van der Waals surface area contributed by atoms with Crippen molar-refractivity contribution in [3.63, 3.8) is 0 Å². The van der Waals surface area contributed by atoms with Gasteiger partial charge in [0.05, 0.1) is 7.11 Å². The van der Waals surface area contributed by atoms with Crippen LogP contribution < -0.4 is 4.74 Å². The van der Waals surface area contributed by atoms with E-state index in [0.717, 1.165) is 30.7 Å². The van der Waals surface area contributed by atoms with Gasteiger partial charge >= 0.3 is 0 Å². The van der Waals surface area contributed by atoms with Crippen molar-refractivity contribution in [2.75, 3.05) is 20.2 Å². The standard InChI is InChI=1S/C21H29N3O3/c1-15(2)14-24(21(25)17-6-4-5-7-17)13-12-19-22-20(23-27-19)16-8-10-18(26-3)11-9-16/h8-11,15,17H,4-7,12-14H2,1-3H3. The Kier molecular flexibility index (Phi) is 6.48. The van der Waals surface area contributed by atoms with Gasteiger partial charge < -0.3 is 14.2 Å². The predicted octanol–water partition coefficient (Wildman–Crippen LogP) is 3.96. The van der Waals surface area contributed by atoms with E-state index in [1.165, 1.54) is 12.8 Å². The third-order valence-electron chi connectivity index (χ3n) is 5.01. The Balaban J connectivity index is 1.62. The molecule has 3 rings (SSSR count). The molecule has 1 heterocycles. The molecule has 0 bridgehead atoms. The van der Waals surface area contributed by atoms with Crippen molar-refractivity contribution < 1.29 is 14.1 Å². The van der Waals surface area contributed by atoms with Gasteiger partial charge in [0.2, 0.25) is 17.6 Å². The maximum Gasteiger partial charge on any atom is 0.228 e. The van der Waals surface area contributed by atoms with Crippen LogP contribution in [0, 0.1) is 11.8 Å². The Hall–Kier alpha value is -2.37. The molecule has 1 aliphatic carbocycles. The van der Waals surface area contributed by atoms with Crippen LogP contribution in [0.25, 0.3) is 11.4 Å². The van der Waals surface area contributed by atoms with E-state index in [-0.39, 0.29) is 11.8 Å². The highest BCUT2D eigenvalue weighted by molar-refractivity contribution is 5.79. The lowest BCUT2D eigenvalue weighted by Gasteiger charge is -2.26. The van der Waals surface area contributed by atoms with Crippen molar-refractivity contribution in [3.8, 4) is 17.1 Å². The molecule has 1 aromatic heterocycles. The molecule has 2 aromatic rings. The van der Waals surface area contributed by atoms with Gasteiger partial charge in [0.25, 0.3) is 0 Å². The SMILES string of the molecule is COc1ccc(-c2noc(CCN(CC(C)C)C(=O)C3CCCC3)n2)cc1. The lowest BCUT2D eigenvalue weighted by atomic mass is 10.1. The fourth-order valence-electron chi connectivity index (χ4n) is 3.61. The fourth-order valence-corrected chi connectivity index (χ4v) is 3.61. The summed E-state index contributed by atoms with van der Waals surface area (Å²) in [6, 6.07) is 7.55. The highest BCUT2D eigenvalue weighted by Gasteiger charge is 2.27. The number of amides is 1. The summed E-state index contributed by atoms with van der Waals surface area (Å²) in [6.07, 6.45) is 4.96. The topological polar surface area (TPSA) is 68.5 Å². The first-order valence-electron chi connectivity index (χ1n) is 9.82. The molecule has 1 aromatic carbocycles. The van der Waals surface area contributed by atoms with Gasteiger partial charge in [0.1, 0.15) is 5.75 Å². The zero-order valence-electron chi connectivity index (χ0n) is 16.5. The second-order valence-electron chi connectivity index (χ2n) is 7.65. The smallest absolute Gasteiger partial charge is 0.228 e. The Bertz CT molecular complexity index is 733. The summed E-state index contributed by atoms with van der Waals surface area (Å²) in [5, 5.41) is 4.07. The van der Waals surface area contributed by atoms with E-state index in [4.69, 9.17) is 9.26 Å². The molecule has 0 aliphatic heterocycles. The number of aromatic nitrogens is 2. The zero-order valence-corrected chi connectivity index (χ0v) is 16.5. The summed E-state index contributed by atoms with van der Waals surface area (Å²) in [5.74, 6) is 2.83. The van der Waals surface area contributed by atoms with E-state index in [1.807, 2.05) is 29.2 Å². The normalized spacial score (nSPS) is 14.7. The number of carbonyl (C=O) groups is 1. The number of nitrogens with zero attached hydrogens (tertiary/aromatic N) is 3. The molecular formula is C21H29N3O3. The van der Waals surface area contributed by atoms with Gasteiger partial charge in [0, 0.05) is 31.0 Å². The van der Waals surface area contributed by atoms with Crippen molar-refractivity contribution >= 4 is 5.91 Å². The van der Waals surface area contributed by atoms with Gasteiger partial charge in [-0.15, -0.1) is 0 Å². The fraction of sp³-hybridized carbons (Fsp3) is 0.571. The maximum absolute atomic E-state index is 12.8. The third-order valence-corrected chi connectivity index (χ3v) is 5.01. The molecule has 0 unspecified atom stereocenters. The van der Waals surface area contributed by atoms with Crippen LogP contribution in [0.5, 0.6) is 5.75 Å². The highest BCUT2D eigenvalue weighted by Crippen LogP contribution is 2.27. The Morgan fingerprint density at radius 3 is 2.59 bits per heavy atom. The Labute approximate surface area is 160 Å². The van der Waals surface area contributed by atoms with Crippen LogP contribution in [0.4, 0.5) is 0 Å². The van der Waals surface area contributed by atoms with Gasteiger partial charge in [-0.2, -0.15) is 4.98 Å². The Morgan fingerprint density at radius 2 is 1.96 bits per heavy atom. The summed E-state index contributed by atoms with van der Waals surface area (Å²) in [6.45, 7) is 5.68. The van der Waals surface area contributed by atoms with E-state index in [1.54, 1.807) is 7.11 Å². The number of hydrogen-bond acceptors (Lipinski definition) is 5. The number of carbonyl (C=O) groups excluding carboxylic acids is 1. The van der Waals surface area contributed by atoms with Gasteiger partial charge in [0.15, 0.2) is 0 Å². The molecular weight excluding hydrogens is 342 g/mol. The van der Waals surface area contributed by atoms with E-state index >= 15 is 0 Å².